The smallest absolute Gasteiger partial charge is 0.130 e. The Hall–Kier alpha value is -0.670. The second-order valence-electron chi connectivity index (χ2n) is 4.21. The van der Waals surface area contributed by atoms with E-state index < -0.39 is 17.7 Å². The van der Waals surface area contributed by atoms with E-state index in [1.807, 2.05) is 0 Å². The SMILES string of the molecule is CC(C)CC[C@@H](N)c1c(F)cccc1F.Cl. The third-order valence-electron chi connectivity index (χ3n) is 2.43. The summed E-state index contributed by atoms with van der Waals surface area (Å²) in [6, 6.07) is 3.29. The van der Waals surface area contributed by atoms with Gasteiger partial charge in [0, 0.05) is 11.6 Å². The lowest BCUT2D eigenvalue weighted by Gasteiger charge is -2.14. The van der Waals surface area contributed by atoms with Crippen molar-refractivity contribution in [2.45, 2.75) is 32.7 Å². The molecule has 0 spiro atoms. The van der Waals surface area contributed by atoms with Gasteiger partial charge < -0.3 is 5.73 Å². The average molecular weight is 250 g/mol. The average Bonchev–Trinajstić information content (AvgIpc) is 2.14. The Morgan fingerprint density at radius 1 is 1.12 bits per heavy atom. The van der Waals surface area contributed by atoms with Crippen LogP contribution in [-0.2, 0) is 0 Å². The summed E-state index contributed by atoms with van der Waals surface area (Å²) in [5.74, 6) is -0.608. The highest BCUT2D eigenvalue weighted by Crippen LogP contribution is 2.23. The normalized spacial score (nSPS) is 12.4. The molecular formula is C12H18ClF2N. The molecule has 1 aromatic rings. The van der Waals surface area contributed by atoms with Gasteiger partial charge in [-0.15, -0.1) is 12.4 Å². The minimum atomic E-state index is -0.550. The molecule has 0 aliphatic carbocycles. The van der Waals surface area contributed by atoms with Gasteiger partial charge in [0.25, 0.3) is 0 Å². The Kier molecular flexibility index (Phi) is 6.53. The summed E-state index contributed by atoms with van der Waals surface area (Å²) in [6.07, 6.45) is 1.48. The van der Waals surface area contributed by atoms with E-state index in [1.165, 1.54) is 18.2 Å². The fourth-order valence-electron chi connectivity index (χ4n) is 1.52. The molecule has 0 aliphatic heterocycles. The van der Waals surface area contributed by atoms with Crippen LogP contribution < -0.4 is 5.73 Å². The van der Waals surface area contributed by atoms with Crippen molar-refractivity contribution in [1.82, 2.24) is 0 Å². The Labute approximate surface area is 101 Å². The molecule has 0 amide bonds. The summed E-state index contributed by atoms with van der Waals surface area (Å²) in [6.45, 7) is 4.12. The number of rotatable bonds is 4. The maximum atomic E-state index is 13.3. The summed E-state index contributed by atoms with van der Waals surface area (Å²) in [5.41, 5.74) is 5.78. The van der Waals surface area contributed by atoms with E-state index in [0.717, 1.165) is 6.42 Å². The molecule has 0 aliphatic rings. The van der Waals surface area contributed by atoms with Crippen molar-refractivity contribution in [1.29, 1.82) is 0 Å². The second-order valence-corrected chi connectivity index (χ2v) is 4.21. The van der Waals surface area contributed by atoms with Crippen LogP contribution in [0.1, 0.15) is 38.3 Å². The number of hydrogen-bond donors (Lipinski definition) is 1. The summed E-state index contributed by atoms with van der Waals surface area (Å²) < 4.78 is 26.6. The highest BCUT2D eigenvalue weighted by Gasteiger charge is 2.16. The van der Waals surface area contributed by atoms with Crippen LogP contribution in [0.15, 0.2) is 18.2 Å². The van der Waals surface area contributed by atoms with Crippen LogP contribution in [-0.4, -0.2) is 0 Å². The highest BCUT2D eigenvalue weighted by molar-refractivity contribution is 5.85. The van der Waals surface area contributed by atoms with Crippen LogP contribution in [0.4, 0.5) is 8.78 Å². The predicted octanol–water partition coefficient (Wildman–Crippen LogP) is 3.82. The summed E-state index contributed by atoms with van der Waals surface area (Å²) >= 11 is 0. The molecule has 0 bridgehead atoms. The zero-order chi connectivity index (χ0) is 11.4. The molecular weight excluding hydrogens is 232 g/mol. The quantitative estimate of drug-likeness (QED) is 0.863. The third kappa shape index (κ3) is 4.06. The van der Waals surface area contributed by atoms with E-state index in [9.17, 15) is 8.78 Å². The lowest BCUT2D eigenvalue weighted by molar-refractivity contribution is 0.468. The molecule has 0 fully saturated rings. The van der Waals surface area contributed by atoms with Crippen molar-refractivity contribution in [3.8, 4) is 0 Å². The number of hydrogen-bond acceptors (Lipinski definition) is 1. The highest BCUT2D eigenvalue weighted by atomic mass is 35.5. The standard InChI is InChI=1S/C12H17F2N.ClH/c1-8(2)6-7-11(15)12-9(13)4-3-5-10(12)14;/h3-5,8,11H,6-7,15H2,1-2H3;1H/t11-;/m1./s1. The molecule has 4 heteroatoms. The molecule has 16 heavy (non-hydrogen) atoms. The minimum absolute atomic E-state index is 0. The summed E-state index contributed by atoms with van der Waals surface area (Å²) in [7, 11) is 0. The Morgan fingerprint density at radius 3 is 2.06 bits per heavy atom. The number of halogens is 3. The van der Waals surface area contributed by atoms with Crippen molar-refractivity contribution < 1.29 is 8.78 Å². The van der Waals surface area contributed by atoms with Gasteiger partial charge in [0.2, 0.25) is 0 Å². The van der Waals surface area contributed by atoms with Gasteiger partial charge >= 0.3 is 0 Å². The van der Waals surface area contributed by atoms with Crippen LogP contribution >= 0.6 is 12.4 Å². The molecule has 0 heterocycles. The first-order chi connectivity index (χ1) is 7.02. The maximum absolute atomic E-state index is 13.3. The first kappa shape index (κ1) is 15.3. The van der Waals surface area contributed by atoms with E-state index >= 15 is 0 Å². The van der Waals surface area contributed by atoms with Crippen molar-refractivity contribution in [2.75, 3.05) is 0 Å². The van der Waals surface area contributed by atoms with Gasteiger partial charge in [-0.2, -0.15) is 0 Å². The van der Waals surface area contributed by atoms with Crippen molar-refractivity contribution in [3.63, 3.8) is 0 Å². The van der Waals surface area contributed by atoms with E-state index in [2.05, 4.69) is 13.8 Å². The zero-order valence-electron chi connectivity index (χ0n) is 9.54. The molecule has 0 radical (unpaired) electrons. The molecule has 0 aromatic heterocycles. The van der Waals surface area contributed by atoms with Gasteiger partial charge in [-0.25, -0.2) is 8.78 Å². The fourth-order valence-corrected chi connectivity index (χ4v) is 1.52. The van der Waals surface area contributed by atoms with Gasteiger partial charge in [0.05, 0.1) is 0 Å². The molecule has 1 atom stereocenters. The topological polar surface area (TPSA) is 26.0 Å². The van der Waals surface area contributed by atoms with Gasteiger partial charge in [0.1, 0.15) is 11.6 Å². The van der Waals surface area contributed by atoms with Crippen molar-refractivity contribution >= 4 is 12.4 Å². The number of nitrogens with two attached hydrogens (primary N) is 1. The van der Waals surface area contributed by atoms with Crippen LogP contribution in [0.25, 0.3) is 0 Å². The lowest BCUT2D eigenvalue weighted by atomic mass is 9.97. The molecule has 2 N–H and O–H groups in total. The summed E-state index contributed by atoms with van der Waals surface area (Å²) in [4.78, 5) is 0. The molecule has 0 saturated heterocycles. The first-order valence-electron chi connectivity index (χ1n) is 5.22. The van der Waals surface area contributed by atoms with E-state index in [-0.39, 0.29) is 18.0 Å². The van der Waals surface area contributed by atoms with Gasteiger partial charge in [-0.3, -0.25) is 0 Å². The molecule has 1 aromatic carbocycles. The van der Waals surface area contributed by atoms with E-state index in [1.54, 1.807) is 0 Å². The van der Waals surface area contributed by atoms with Gasteiger partial charge in [-0.05, 0) is 30.9 Å². The van der Waals surface area contributed by atoms with Gasteiger partial charge in [-0.1, -0.05) is 19.9 Å². The lowest BCUT2D eigenvalue weighted by Crippen LogP contribution is -2.15. The molecule has 1 nitrogen and oxygen atoms in total. The Balaban J connectivity index is 0.00000225. The van der Waals surface area contributed by atoms with Crippen molar-refractivity contribution in [2.24, 2.45) is 11.7 Å². The first-order valence-corrected chi connectivity index (χ1v) is 5.22. The number of benzene rings is 1. The maximum Gasteiger partial charge on any atom is 0.130 e. The van der Waals surface area contributed by atoms with Crippen molar-refractivity contribution in [3.05, 3.63) is 35.4 Å². The largest absolute Gasteiger partial charge is 0.324 e. The van der Waals surface area contributed by atoms with E-state index in [0.29, 0.717) is 12.3 Å². The van der Waals surface area contributed by atoms with Crippen LogP contribution in [0.2, 0.25) is 0 Å². The fraction of sp³-hybridized carbons (Fsp3) is 0.500. The molecule has 92 valence electrons. The predicted molar refractivity (Wildman–Crippen MR) is 64.6 cm³/mol. The van der Waals surface area contributed by atoms with Crippen LogP contribution in [0.3, 0.4) is 0 Å². The van der Waals surface area contributed by atoms with Crippen LogP contribution in [0.5, 0.6) is 0 Å². The van der Waals surface area contributed by atoms with Crippen LogP contribution in [0, 0.1) is 17.6 Å². The molecule has 1 rings (SSSR count). The molecule has 0 unspecified atom stereocenters. The van der Waals surface area contributed by atoms with Gasteiger partial charge in [0.15, 0.2) is 0 Å². The third-order valence-corrected chi connectivity index (χ3v) is 2.43. The Bertz CT molecular complexity index is 309. The Morgan fingerprint density at radius 2 is 1.62 bits per heavy atom. The van der Waals surface area contributed by atoms with E-state index in [4.69, 9.17) is 5.73 Å². The summed E-state index contributed by atoms with van der Waals surface area (Å²) in [5, 5.41) is 0. The zero-order valence-corrected chi connectivity index (χ0v) is 10.4. The molecule has 0 saturated carbocycles. The minimum Gasteiger partial charge on any atom is -0.324 e. The second kappa shape index (κ2) is 6.81. The monoisotopic (exact) mass is 249 g/mol.